The molecule has 10 heteroatoms. The summed E-state index contributed by atoms with van der Waals surface area (Å²) in [5.41, 5.74) is 0. The van der Waals surface area contributed by atoms with Gasteiger partial charge in [-0.2, -0.15) is 0 Å². The molecular formula is C58H116NO8P. The maximum atomic E-state index is 12.8. The van der Waals surface area contributed by atoms with Crippen LogP contribution in [-0.4, -0.2) is 70.0 Å². The van der Waals surface area contributed by atoms with Crippen molar-refractivity contribution in [3.05, 3.63) is 0 Å². The van der Waals surface area contributed by atoms with Crippen molar-refractivity contribution >= 4 is 19.8 Å². The Morgan fingerprint density at radius 1 is 0.397 bits per heavy atom. The van der Waals surface area contributed by atoms with Crippen LogP contribution in [0.2, 0.25) is 0 Å². The zero-order valence-electron chi connectivity index (χ0n) is 46.1. The molecule has 0 aromatic carbocycles. The highest BCUT2D eigenvalue weighted by Crippen LogP contribution is 2.38. The summed E-state index contributed by atoms with van der Waals surface area (Å²) in [4.78, 5) is 37.9. The van der Waals surface area contributed by atoms with Crippen molar-refractivity contribution in [2.24, 2.45) is 0 Å². The zero-order valence-corrected chi connectivity index (χ0v) is 47.0. The average molecular weight is 987 g/mol. The molecule has 2 atom stereocenters. The number of likely N-dealkylation sites (N-methyl/N-ethyl adjacent to an activating group) is 1. The Labute approximate surface area is 423 Å². The molecule has 0 aliphatic rings. The van der Waals surface area contributed by atoms with Crippen molar-refractivity contribution in [1.29, 1.82) is 0 Å². The molecule has 0 aromatic rings. The van der Waals surface area contributed by atoms with E-state index in [1.807, 2.05) is 21.1 Å². The van der Waals surface area contributed by atoms with Gasteiger partial charge in [0.25, 0.3) is 7.82 Å². The number of esters is 2. The summed E-state index contributed by atoms with van der Waals surface area (Å²) in [5.74, 6) is -0.808. The molecule has 0 bridgehead atoms. The van der Waals surface area contributed by atoms with Crippen LogP contribution in [0.3, 0.4) is 0 Å². The van der Waals surface area contributed by atoms with E-state index in [1.165, 1.54) is 244 Å². The molecule has 0 fully saturated rings. The number of hydrogen-bond donors (Lipinski definition) is 0. The minimum Gasteiger partial charge on any atom is -0.756 e. The third kappa shape index (κ3) is 54.3. The molecule has 406 valence electrons. The molecule has 0 aromatic heterocycles. The van der Waals surface area contributed by atoms with Crippen LogP contribution in [-0.2, 0) is 32.7 Å². The van der Waals surface area contributed by atoms with Gasteiger partial charge in [0.1, 0.15) is 19.8 Å². The van der Waals surface area contributed by atoms with Crippen molar-refractivity contribution in [1.82, 2.24) is 0 Å². The number of carbonyl (C=O) groups is 2. The number of carbonyl (C=O) groups excluding carboxylic acids is 2. The van der Waals surface area contributed by atoms with Crippen molar-refractivity contribution in [3.63, 3.8) is 0 Å². The van der Waals surface area contributed by atoms with Crippen LogP contribution >= 0.6 is 7.82 Å². The summed E-state index contributed by atoms with van der Waals surface area (Å²) in [6.07, 6.45) is 57.2. The number of nitrogens with zero attached hydrogens (tertiary/aromatic N) is 1. The normalized spacial score (nSPS) is 13.2. The fourth-order valence-electron chi connectivity index (χ4n) is 9.01. The lowest BCUT2D eigenvalue weighted by Crippen LogP contribution is -2.37. The molecule has 0 rings (SSSR count). The Kier molecular flexibility index (Phi) is 50.2. The van der Waals surface area contributed by atoms with Gasteiger partial charge in [0.2, 0.25) is 0 Å². The molecule has 9 nitrogen and oxygen atoms in total. The topological polar surface area (TPSA) is 111 Å². The maximum absolute atomic E-state index is 12.8. The Balaban J connectivity index is 4.09. The third-order valence-corrected chi connectivity index (χ3v) is 14.6. The van der Waals surface area contributed by atoms with Crippen LogP contribution in [0.1, 0.15) is 309 Å². The minimum atomic E-state index is -4.63. The van der Waals surface area contributed by atoms with E-state index < -0.39 is 26.5 Å². The van der Waals surface area contributed by atoms with Crippen molar-refractivity contribution in [2.45, 2.75) is 315 Å². The van der Waals surface area contributed by atoms with Crippen LogP contribution < -0.4 is 4.89 Å². The summed E-state index contributed by atoms with van der Waals surface area (Å²) in [7, 11) is 1.19. The standard InChI is InChI=1S/C58H116NO8P/c1-6-8-10-12-14-16-18-20-22-24-26-28-29-31-32-34-36-38-40-42-44-46-48-50-57(60)64-54-56(55-66-68(62,63)65-53-52-59(3,4)5)67-58(61)51-49-47-45-43-41-39-37-35-33-30-27-25-23-21-19-17-15-13-11-9-7-2/h56H,6-55H2,1-5H3/t56-/m1/s1. The van der Waals surface area contributed by atoms with Gasteiger partial charge < -0.3 is 27.9 Å². The molecule has 68 heavy (non-hydrogen) atoms. The number of hydrogen-bond acceptors (Lipinski definition) is 8. The van der Waals surface area contributed by atoms with Gasteiger partial charge in [-0.25, -0.2) is 0 Å². The first-order valence-corrected chi connectivity index (χ1v) is 31.2. The van der Waals surface area contributed by atoms with Crippen molar-refractivity contribution in [3.8, 4) is 0 Å². The molecule has 0 N–H and O–H groups in total. The van der Waals surface area contributed by atoms with Gasteiger partial charge in [-0.1, -0.05) is 284 Å². The molecule has 0 amide bonds. The van der Waals surface area contributed by atoms with Crippen molar-refractivity contribution < 1.29 is 42.1 Å². The van der Waals surface area contributed by atoms with Gasteiger partial charge in [-0.05, 0) is 12.8 Å². The van der Waals surface area contributed by atoms with E-state index in [2.05, 4.69) is 13.8 Å². The lowest BCUT2D eigenvalue weighted by Gasteiger charge is -2.28. The quantitative estimate of drug-likeness (QED) is 0.0256. The van der Waals surface area contributed by atoms with E-state index in [0.717, 1.165) is 32.1 Å². The van der Waals surface area contributed by atoms with Gasteiger partial charge in [0.05, 0.1) is 27.7 Å². The van der Waals surface area contributed by atoms with Gasteiger partial charge in [0, 0.05) is 12.8 Å². The van der Waals surface area contributed by atoms with E-state index >= 15 is 0 Å². The maximum Gasteiger partial charge on any atom is 0.306 e. The fourth-order valence-corrected chi connectivity index (χ4v) is 9.74. The second-order valence-electron chi connectivity index (χ2n) is 21.7. The number of phosphoric acid groups is 1. The van der Waals surface area contributed by atoms with Crippen LogP contribution in [0.5, 0.6) is 0 Å². The molecule has 0 aliphatic carbocycles. The first kappa shape index (κ1) is 67.0. The molecular weight excluding hydrogens is 870 g/mol. The summed E-state index contributed by atoms with van der Waals surface area (Å²) in [5, 5.41) is 0. The molecule has 1 unspecified atom stereocenters. The summed E-state index contributed by atoms with van der Waals surface area (Å²) in [6, 6.07) is 0. The first-order valence-electron chi connectivity index (χ1n) is 29.7. The van der Waals surface area contributed by atoms with Crippen LogP contribution in [0.25, 0.3) is 0 Å². The number of rotatable bonds is 56. The van der Waals surface area contributed by atoms with E-state index in [-0.39, 0.29) is 32.0 Å². The lowest BCUT2D eigenvalue weighted by atomic mass is 10.0. The first-order chi connectivity index (χ1) is 33.0. The number of ether oxygens (including phenoxy) is 2. The van der Waals surface area contributed by atoms with E-state index in [0.29, 0.717) is 17.4 Å². The fraction of sp³-hybridized carbons (Fsp3) is 0.966. The molecule has 0 saturated carbocycles. The summed E-state index contributed by atoms with van der Waals surface area (Å²) >= 11 is 0. The van der Waals surface area contributed by atoms with Gasteiger partial charge in [-0.15, -0.1) is 0 Å². The Hall–Kier alpha value is -0.990. The molecule has 0 spiro atoms. The predicted molar refractivity (Wildman–Crippen MR) is 287 cm³/mol. The van der Waals surface area contributed by atoms with E-state index in [1.54, 1.807) is 0 Å². The van der Waals surface area contributed by atoms with Crippen LogP contribution in [0.4, 0.5) is 0 Å². The Morgan fingerprint density at radius 2 is 0.662 bits per heavy atom. The molecule has 0 aliphatic heterocycles. The monoisotopic (exact) mass is 986 g/mol. The second-order valence-corrected chi connectivity index (χ2v) is 23.1. The molecule has 0 heterocycles. The van der Waals surface area contributed by atoms with Gasteiger partial charge in [0.15, 0.2) is 6.10 Å². The van der Waals surface area contributed by atoms with E-state index in [4.69, 9.17) is 18.5 Å². The zero-order chi connectivity index (χ0) is 49.9. The SMILES string of the molecule is CCCCCCCCCCCCCCCCCCCCCCCCCC(=O)OC[C@H](COP(=O)([O-])OCC[N+](C)(C)C)OC(=O)CCCCCCCCCCCCCCCCCCCCCCC. The van der Waals surface area contributed by atoms with Crippen LogP contribution in [0, 0.1) is 0 Å². The third-order valence-electron chi connectivity index (χ3n) is 13.6. The Morgan fingerprint density at radius 3 is 0.941 bits per heavy atom. The highest BCUT2D eigenvalue weighted by molar-refractivity contribution is 7.45. The second kappa shape index (κ2) is 50.9. The average Bonchev–Trinajstić information content (AvgIpc) is 3.30. The van der Waals surface area contributed by atoms with E-state index in [9.17, 15) is 19.0 Å². The molecule has 0 radical (unpaired) electrons. The minimum absolute atomic E-state index is 0.0250. The number of quaternary nitrogens is 1. The summed E-state index contributed by atoms with van der Waals surface area (Å²) in [6.45, 7) is 4.32. The molecule has 0 saturated heterocycles. The van der Waals surface area contributed by atoms with Gasteiger partial charge in [-0.3, -0.25) is 14.2 Å². The lowest BCUT2D eigenvalue weighted by molar-refractivity contribution is -0.870. The summed E-state index contributed by atoms with van der Waals surface area (Å²) < 4.78 is 34.2. The highest BCUT2D eigenvalue weighted by Gasteiger charge is 2.22. The highest BCUT2D eigenvalue weighted by atomic mass is 31.2. The van der Waals surface area contributed by atoms with Crippen LogP contribution in [0.15, 0.2) is 0 Å². The number of phosphoric ester groups is 1. The number of unbranched alkanes of at least 4 members (excludes halogenated alkanes) is 42. The van der Waals surface area contributed by atoms with Gasteiger partial charge >= 0.3 is 11.9 Å². The Bertz CT molecular complexity index is 1120. The predicted octanol–water partition coefficient (Wildman–Crippen LogP) is 17.6. The smallest absolute Gasteiger partial charge is 0.306 e. The van der Waals surface area contributed by atoms with Crippen molar-refractivity contribution in [2.75, 3.05) is 47.5 Å². The largest absolute Gasteiger partial charge is 0.756 e.